The van der Waals surface area contributed by atoms with Crippen LogP contribution < -0.4 is 5.32 Å². The van der Waals surface area contributed by atoms with Gasteiger partial charge >= 0.3 is 6.03 Å². The molecule has 9 heteroatoms. The number of sulfone groups is 1. The van der Waals surface area contributed by atoms with Gasteiger partial charge in [-0.15, -0.1) is 0 Å². The summed E-state index contributed by atoms with van der Waals surface area (Å²) in [5, 5.41) is 2.68. The Kier molecular flexibility index (Phi) is 5.64. The van der Waals surface area contributed by atoms with Gasteiger partial charge in [0.2, 0.25) is 0 Å². The maximum atomic E-state index is 13.5. The average Bonchev–Trinajstić information content (AvgIpc) is 2.68. The predicted octanol–water partition coefficient (Wildman–Crippen LogP) is 3.11. The van der Waals surface area contributed by atoms with Gasteiger partial charge in [-0.05, 0) is 50.8 Å². The normalized spacial score (nSPS) is 16.0. The molecule has 2 amide bonds. The molecule has 28 heavy (non-hydrogen) atoms. The molecule has 0 aliphatic carbocycles. The molecule has 2 heterocycles. The van der Waals surface area contributed by atoms with Gasteiger partial charge in [0.05, 0.1) is 15.8 Å². The lowest BCUT2D eigenvalue weighted by molar-refractivity contribution is 0.171. The molecule has 150 valence electrons. The Labute approximate surface area is 163 Å². The second-order valence-electron chi connectivity index (χ2n) is 7.35. The van der Waals surface area contributed by atoms with Gasteiger partial charge in [0, 0.05) is 25.5 Å². The summed E-state index contributed by atoms with van der Waals surface area (Å²) in [4.78, 5) is 21.9. The summed E-state index contributed by atoms with van der Waals surface area (Å²) in [6.07, 6.45) is 5.54. The third-order valence-corrected chi connectivity index (χ3v) is 7.96. The van der Waals surface area contributed by atoms with Crippen LogP contribution in [-0.2, 0) is 9.84 Å². The molecule has 1 fully saturated rings. The summed E-state index contributed by atoms with van der Waals surface area (Å²) in [5.74, 6) is -0.364. The highest BCUT2D eigenvalue weighted by Crippen LogP contribution is 2.38. The lowest BCUT2D eigenvalue weighted by Crippen LogP contribution is -2.48. The van der Waals surface area contributed by atoms with Crippen molar-refractivity contribution in [3.8, 4) is 0 Å². The van der Waals surface area contributed by atoms with Crippen molar-refractivity contribution >= 4 is 21.7 Å². The van der Waals surface area contributed by atoms with Gasteiger partial charge in [0.15, 0.2) is 15.7 Å². The summed E-state index contributed by atoms with van der Waals surface area (Å²) in [7, 11) is -3.72. The summed E-state index contributed by atoms with van der Waals surface area (Å²) in [6, 6.07) is 4.81. The van der Waals surface area contributed by atoms with E-state index in [-0.39, 0.29) is 16.8 Å². The molecule has 1 aliphatic rings. The Morgan fingerprint density at radius 2 is 1.96 bits per heavy atom. The molecule has 2 aromatic rings. The van der Waals surface area contributed by atoms with E-state index in [9.17, 15) is 17.6 Å². The largest absolute Gasteiger partial charge is 0.324 e. The number of nitrogens with zero attached hydrogens (tertiary/aromatic N) is 3. The first-order valence-electron chi connectivity index (χ1n) is 9.04. The Balaban J connectivity index is 1.67. The number of benzene rings is 1. The smallest absolute Gasteiger partial charge is 0.323 e. The molecule has 0 atom stereocenters. The van der Waals surface area contributed by atoms with Crippen molar-refractivity contribution in [3.63, 3.8) is 0 Å². The molecule has 0 spiro atoms. The standard InChI is InChI=1S/C19H23FN4O3S/c1-19(2,28(26,27)16-5-3-4-15(20)12-16)14-6-10-24(11-7-14)18(25)23-17-13-21-8-9-22-17/h3-5,8-9,12-14H,6-7,10-11H2,1-2H3,(H,22,23,25). The van der Waals surface area contributed by atoms with E-state index < -0.39 is 20.4 Å². The molecule has 0 saturated carbocycles. The van der Waals surface area contributed by atoms with E-state index in [2.05, 4.69) is 15.3 Å². The number of halogens is 1. The van der Waals surface area contributed by atoms with Gasteiger partial charge in [-0.1, -0.05) is 6.07 Å². The third kappa shape index (κ3) is 3.99. The van der Waals surface area contributed by atoms with Crippen LogP contribution in [0.2, 0.25) is 0 Å². The van der Waals surface area contributed by atoms with Crippen molar-refractivity contribution in [2.24, 2.45) is 5.92 Å². The summed E-state index contributed by atoms with van der Waals surface area (Å²) in [5.41, 5.74) is 0. The van der Waals surface area contributed by atoms with E-state index in [0.29, 0.717) is 31.7 Å². The molecule has 1 aromatic carbocycles. The molecule has 1 aromatic heterocycles. The van der Waals surface area contributed by atoms with Gasteiger partial charge in [-0.25, -0.2) is 22.6 Å². The van der Waals surface area contributed by atoms with Crippen molar-refractivity contribution in [1.82, 2.24) is 14.9 Å². The van der Waals surface area contributed by atoms with E-state index in [1.165, 1.54) is 36.8 Å². The van der Waals surface area contributed by atoms with Crippen molar-refractivity contribution in [2.45, 2.75) is 36.3 Å². The molecule has 1 N–H and O–H groups in total. The zero-order valence-corrected chi connectivity index (χ0v) is 16.6. The number of hydrogen-bond donors (Lipinski definition) is 1. The first kappa shape index (κ1) is 20.2. The van der Waals surface area contributed by atoms with Crippen molar-refractivity contribution < 1.29 is 17.6 Å². The zero-order valence-electron chi connectivity index (χ0n) is 15.8. The monoisotopic (exact) mass is 406 g/mol. The fourth-order valence-electron chi connectivity index (χ4n) is 3.49. The van der Waals surface area contributed by atoms with E-state index >= 15 is 0 Å². The van der Waals surface area contributed by atoms with Crippen molar-refractivity contribution in [1.29, 1.82) is 0 Å². The number of urea groups is 1. The number of carbonyl (C=O) groups is 1. The van der Waals surface area contributed by atoms with E-state index in [4.69, 9.17) is 0 Å². The number of piperidine rings is 1. The number of amides is 2. The maximum absolute atomic E-state index is 13.5. The zero-order chi connectivity index (χ0) is 20.4. The number of rotatable bonds is 4. The lowest BCUT2D eigenvalue weighted by Gasteiger charge is -2.40. The minimum atomic E-state index is -3.72. The van der Waals surface area contributed by atoms with Crippen LogP contribution in [0.15, 0.2) is 47.8 Å². The average molecular weight is 406 g/mol. The van der Waals surface area contributed by atoms with Crippen LogP contribution in [0.1, 0.15) is 26.7 Å². The fraction of sp³-hybridized carbons (Fsp3) is 0.421. The highest BCUT2D eigenvalue weighted by Gasteiger charge is 2.44. The second kappa shape index (κ2) is 7.83. The van der Waals surface area contributed by atoms with Crippen molar-refractivity contribution in [2.75, 3.05) is 18.4 Å². The number of hydrogen-bond acceptors (Lipinski definition) is 5. The Morgan fingerprint density at radius 1 is 1.25 bits per heavy atom. The Bertz CT molecular complexity index is 943. The van der Waals surface area contributed by atoms with Gasteiger partial charge < -0.3 is 4.90 Å². The van der Waals surface area contributed by atoms with Gasteiger partial charge in [0.1, 0.15) is 5.82 Å². The van der Waals surface area contributed by atoms with E-state index in [0.717, 1.165) is 6.07 Å². The minimum absolute atomic E-state index is 0.0136. The SMILES string of the molecule is CC(C)(C1CCN(C(=O)Nc2cnccn2)CC1)S(=O)(=O)c1cccc(F)c1. The van der Waals surface area contributed by atoms with Gasteiger partial charge in [-0.3, -0.25) is 10.3 Å². The number of likely N-dealkylation sites (tertiary alicyclic amines) is 1. The molecule has 3 rings (SSSR count). The highest BCUT2D eigenvalue weighted by molar-refractivity contribution is 7.92. The minimum Gasteiger partial charge on any atom is -0.324 e. The van der Waals surface area contributed by atoms with Crippen LogP contribution in [0, 0.1) is 11.7 Å². The maximum Gasteiger partial charge on any atom is 0.323 e. The van der Waals surface area contributed by atoms with E-state index in [1.54, 1.807) is 18.7 Å². The molecule has 0 radical (unpaired) electrons. The molecular weight excluding hydrogens is 383 g/mol. The van der Waals surface area contributed by atoms with Crippen LogP contribution in [-0.4, -0.2) is 47.2 Å². The van der Waals surface area contributed by atoms with E-state index in [1.807, 2.05) is 0 Å². The molecule has 1 aliphatic heterocycles. The topological polar surface area (TPSA) is 92.3 Å². The number of aromatic nitrogens is 2. The van der Waals surface area contributed by atoms with Gasteiger partial charge in [0.25, 0.3) is 0 Å². The first-order chi connectivity index (χ1) is 13.2. The van der Waals surface area contributed by atoms with Crippen LogP contribution in [0.25, 0.3) is 0 Å². The highest BCUT2D eigenvalue weighted by atomic mass is 32.2. The third-order valence-electron chi connectivity index (χ3n) is 5.36. The number of carbonyl (C=O) groups excluding carboxylic acids is 1. The Hall–Kier alpha value is -2.55. The van der Waals surface area contributed by atoms with Crippen LogP contribution >= 0.6 is 0 Å². The molecular formula is C19H23FN4O3S. The summed E-state index contributed by atoms with van der Waals surface area (Å²) in [6.45, 7) is 4.21. The number of nitrogens with one attached hydrogen (secondary N) is 1. The summed E-state index contributed by atoms with van der Waals surface area (Å²) >= 11 is 0. The molecule has 0 bridgehead atoms. The molecule has 0 unspecified atom stereocenters. The molecule has 7 nitrogen and oxygen atoms in total. The van der Waals surface area contributed by atoms with Crippen LogP contribution in [0.4, 0.5) is 15.0 Å². The second-order valence-corrected chi connectivity index (χ2v) is 9.88. The van der Waals surface area contributed by atoms with Gasteiger partial charge in [-0.2, -0.15) is 0 Å². The Morgan fingerprint density at radius 3 is 2.57 bits per heavy atom. The van der Waals surface area contributed by atoms with Crippen LogP contribution in [0.3, 0.4) is 0 Å². The lowest BCUT2D eigenvalue weighted by atomic mass is 9.86. The fourth-order valence-corrected chi connectivity index (χ4v) is 5.29. The first-order valence-corrected chi connectivity index (χ1v) is 10.5. The van der Waals surface area contributed by atoms with Crippen LogP contribution in [0.5, 0.6) is 0 Å². The predicted molar refractivity (Wildman–Crippen MR) is 103 cm³/mol. The van der Waals surface area contributed by atoms with Crippen molar-refractivity contribution in [3.05, 3.63) is 48.7 Å². The molecule has 1 saturated heterocycles. The quantitative estimate of drug-likeness (QED) is 0.842. The summed E-state index contributed by atoms with van der Waals surface area (Å²) < 4.78 is 38.6. The number of anilines is 1.